The van der Waals surface area contributed by atoms with Gasteiger partial charge < -0.3 is 20.8 Å². The number of ketones is 1. The van der Waals surface area contributed by atoms with Crippen LogP contribution in [0.2, 0.25) is 10.0 Å². The van der Waals surface area contributed by atoms with Gasteiger partial charge in [-0.05, 0) is 54.7 Å². The molecule has 0 aliphatic heterocycles. The first-order valence-corrected chi connectivity index (χ1v) is 13.6. The Morgan fingerprint density at radius 1 is 0.950 bits per heavy atom. The smallest absolute Gasteiger partial charge is 0.308 e. The number of halogens is 2. The third-order valence-corrected chi connectivity index (χ3v) is 6.87. The fourth-order valence-electron chi connectivity index (χ4n) is 4.03. The molecule has 1 aromatic heterocycles. The van der Waals surface area contributed by atoms with Gasteiger partial charge in [-0.25, -0.2) is 4.98 Å². The molecule has 0 saturated carbocycles. The summed E-state index contributed by atoms with van der Waals surface area (Å²) >= 11 is 12.8. The SMILES string of the molecule is CNc1cccc(CCC(O)NCC(=O)NC[C@@H](CCC(=O)c2c(Cl)cc(-c3ccccc3)cc2Cl)C(=O)O)n1. The fraction of sp³-hybridized carbons (Fsp3) is 0.310. The van der Waals surface area contributed by atoms with E-state index in [0.717, 1.165) is 22.6 Å². The molecule has 0 spiro atoms. The van der Waals surface area contributed by atoms with Crippen molar-refractivity contribution in [3.63, 3.8) is 0 Å². The van der Waals surface area contributed by atoms with Crippen molar-refractivity contribution in [3.05, 3.63) is 82.0 Å². The summed E-state index contributed by atoms with van der Waals surface area (Å²) in [5, 5.41) is 28.3. The molecule has 1 heterocycles. The maximum absolute atomic E-state index is 12.9. The fourth-order valence-corrected chi connectivity index (χ4v) is 4.73. The Balaban J connectivity index is 1.45. The second-order valence-electron chi connectivity index (χ2n) is 9.18. The number of rotatable bonds is 15. The zero-order valence-electron chi connectivity index (χ0n) is 22.0. The van der Waals surface area contributed by atoms with E-state index in [1.165, 1.54) is 0 Å². The highest BCUT2D eigenvalue weighted by Crippen LogP contribution is 2.33. The number of carboxylic acid groups (broad SMARTS) is 1. The quantitative estimate of drug-likeness (QED) is 0.130. The lowest BCUT2D eigenvalue weighted by molar-refractivity contribution is -0.141. The number of carbonyl (C=O) groups excluding carboxylic acids is 2. The highest BCUT2D eigenvalue weighted by atomic mass is 35.5. The van der Waals surface area contributed by atoms with Crippen LogP contribution in [-0.4, -0.2) is 59.2 Å². The van der Waals surface area contributed by atoms with Crippen molar-refractivity contribution in [2.24, 2.45) is 5.92 Å². The molecule has 0 aliphatic carbocycles. The van der Waals surface area contributed by atoms with E-state index in [4.69, 9.17) is 23.2 Å². The number of pyridine rings is 1. The lowest BCUT2D eigenvalue weighted by Gasteiger charge is -2.16. The second kappa shape index (κ2) is 15.3. The predicted octanol–water partition coefficient (Wildman–Crippen LogP) is 4.42. The minimum atomic E-state index is -1.14. The first-order chi connectivity index (χ1) is 19.2. The molecule has 0 bridgehead atoms. The molecular weight excluding hydrogens is 555 g/mol. The number of benzene rings is 2. The van der Waals surface area contributed by atoms with E-state index in [1.54, 1.807) is 19.2 Å². The van der Waals surface area contributed by atoms with Crippen molar-refractivity contribution in [2.45, 2.75) is 31.9 Å². The van der Waals surface area contributed by atoms with E-state index in [1.807, 2.05) is 48.5 Å². The summed E-state index contributed by atoms with van der Waals surface area (Å²) < 4.78 is 0. The normalized spacial score (nSPS) is 12.4. The molecule has 3 aromatic rings. The van der Waals surface area contributed by atoms with Crippen LogP contribution in [0, 0.1) is 5.92 Å². The predicted molar refractivity (Wildman–Crippen MR) is 156 cm³/mol. The van der Waals surface area contributed by atoms with Gasteiger partial charge >= 0.3 is 5.97 Å². The van der Waals surface area contributed by atoms with E-state index in [9.17, 15) is 24.6 Å². The third-order valence-electron chi connectivity index (χ3n) is 6.28. The summed E-state index contributed by atoms with van der Waals surface area (Å²) in [6.07, 6.45) is -0.234. The Morgan fingerprint density at radius 3 is 2.30 bits per heavy atom. The van der Waals surface area contributed by atoms with Gasteiger partial charge in [-0.2, -0.15) is 0 Å². The molecule has 5 N–H and O–H groups in total. The number of hydrogen-bond donors (Lipinski definition) is 5. The van der Waals surface area contributed by atoms with Gasteiger partial charge in [-0.3, -0.25) is 19.7 Å². The van der Waals surface area contributed by atoms with E-state index < -0.39 is 24.0 Å². The number of aliphatic hydroxyl groups excluding tert-OH is 1. The lowest BCUT2D eigenvalue weighted by Crippen LogP contribution is -2.41. The van der Waals surface area contributed by atoms with Gasteiger partial charge in [0, 0.05) is 25.7 Å². The number of nitrogens with one attached hydrogen (secondary N) is 3. The molecule has 11 heteroatoms. The summed E-state index contributed by atoms with van der Waals surface area (Å²) in [5.74, 6) is -2.28. The van der Waals surface area contributed by atoms with Crippen molar-refractivity contribution >= 4 is 46.7 Å². The summed E-state index contributed by atoms with van der Waals surface area (Å²) in [7, 11) is 1.77. The first kappa shape index (κ1) is 31.0. The average Bonchev–Trinajstić information content (AvgIpc) is 2.94. The summed E-state index contributed by atoms with van der Waals surface area (Å²) in [6, 6.07) is 18.3. The molecule has 1 amide bonds. The number of aromatic nitrogens is 1. The Hall–Kier alpha value is -3.50. The minimum Gasteiger partial charge on any atom is -0.481 e. The Labute approximate surface area is 242 Å². The standard InChI is InChI=1S/C29H32Cl2N4O5/c1-32-25-9-5-8-21(35-25)11-13-26(37)34-17-27(38)33-16-19(29(39)40)10-12-24(36)28-22(30)14-20(15-23(28)31)18-6-3-2-4-7-18/h2-9,14-15,19,26,34,37H,10-13,16-17H2,1H3,(H,32,35)(H,33,38)(H,39,40)/t19-,26?/m1/s1. The lowest BCUT2D eigenvalue weighted by atomic mass is 9.96. The number of aliphatic hydroxyl groups is 1. The summed E-state index contributed by atoms with van der Waals surface area (Å²) in [5.41, 5.74) is 2.59. The number of aryl methyl sites for hydroxylation is 1. The molecule has 0 fully saturated rings. The molecule has 0 saturated heterocycles. The van der Waals surface area contributed by atoms with Gasteiger partial charge in [-0.1, -0.05) is 59.6 Å². The Morgan fingerprint density at radius 2 is 1.65 bits per heavy atom. The number of anilines is 1. The Bertz CT molecular complexity index is 1300. The van der Waals surface area contributed by atoms with Crippen molar-refractivity contribution in [3.8, 4) is 11.1 Å². The molecule has 212 valence electrons. The van der Waals surface area contributed by atoms with Crippen molar-refractivity contribution in [1.82, 2.24) is 15.6 Å². The van der Waals surface area contributed by atoms with Gasteiger partial charge in [0.1, 0.15) is 12.0 Å². The monoisotopic (exact) mass is 586 g/mol. The number of aliphatic carboxylic acids is 1. The first-order valence-electron chi connectivity index (χ1n) is 12.8. The molecular formula is C29H32Cl2N4O5. The van der Waals surface area contributed by atoms with Crippen LogP contribution in [0.15, 0.2) is 60.7 Å². The molecule has 3 rings (SSSR count). The highest BCUT2D eigenvalue weighted by Gasteiger charge is 2.23. The number of amides is 1. The third kappa shape index (κ3) is 9.31. The Kier molecular flexibility index (Phi) is 11.9. The van der Waals surface area contributed by atoms with Crippen molar-refractivity contribution < 1.29 is 24.6 Å². The van der Waals surface area contributed by atoms with E-state index >= 15 is 0 Å². The molecule has 1 unspecified atom stereocenters. The molecule has 2 atom stereocenters. The van der Waals surface area contributed by atoms with Gasteiger partial charge in [0.05, 0.1) is 28.1 Å². The number of nitrogens with zero attached hydrogens (tertiary/aromatic N) is 1. The van der Waals surface area contributed by atoms with Crippen LogP contribution in [0.3, 0.4) is 0 Å². The molecule has 2 aromatic carbocycles. The summed E-state index contributed by atoms with van der Waals surface area (Å²) in [4.78, 5) is 41.2. The van der Waals surface area contributed by atoms with E-state index in [-0.39, 0.29) is 47.3 Å². The van der Waals surface area contributed by atoms with Crippen LogP contribution in [-0.2, 0) is 16.0 Å². The number of carboxylic acids is 1. The zero-order valence-corrected chi connectivity index (χ0v) is 23.5. The van der Waals surface area contributed by atoms with Crippen LogP contribution < -0.4 is 16.0 Å². The molecule has 0 aliphatic rings. The zero-order chi connectivity index (χ0) is 29.1. The van der Waals surface area contributed by atoms with Gasteiger partial charge in [0.25, 0.3) is 0 Å². The van der Waals surface area contributed by atoms with Crippen LogP contribution >= 0.6 is 23.2 Å². The van der Waals surface area contributed by atoms with E-state index in [2.05, 4.69) is 20.9 Å². The van der Waals surface area contributed by atoms with Crippen molar-refractivity contribution in [2.75, 3.05) is 25.5 Å². The van der Waals surface area contributed by atoms with Crippen LogP contribution in [0.5, 0.6) is 0 Å². The molecule has 0 radical (unpaired) electrons. The number of carbonyl (C=O) groups is 3. The largest absolute Gasteiger partial charge is 0.481 e. The number of Topliss-reactive ketones (excluding diaryl/α,β-unsaturated/α-hetero) is 1. The maximum atomic E-state index is 12.9. The van der Waals surface area contributed by atoms with Crippen LogP contribution in [0.25, 0.3) is 11.1 Å². The maximum Gasteiger partial charge on any atom is 0.308 e. The molecule has 40 heavy (non-hydrogen) atoms. The van der Waals surface area contributed by atoms with E-state index in [0.29, 0.717) is 12.8 Å². The van der Waals surface area contributed by atoms with Crippen molar-refractivity contribution in [1.29, 1.82) is 0 Å². The van der Waals surface area contributed by atoms with Gasteiger partial charge in [0.2, 0.25) is 5.91 Å². The molecule has 9 nitrogen and oxygen atoms in total. The van der Waals surface area contributed by atoms with Gasteiger partial charge in [0.15, 0.2) is 5.78 Å². The van der Waals surface area contributed by atoms with Crippen LogP contribution in [0.4, 0.5) is 5.82 Å². The topological polar surface area (TPSA) is 141 Å². The number of hydrogen-bond acceptors (Lipinski definition) is 7. The summed E-state index contributed by atoms with van der Waals surface area (Å²) in [6.45, 7) is -0.371. The average molecular weight is 588 g/mol. The van der Waals surface area contributed by atoms with Gasteiger partial charge in [-0.15, -0.1) is 0 Å². The van der Waals surface area contributed by atoms with Crippen LogP contribution in [0.1, 0.15) is 35.3 Å². The minimum absolute atomic E-state index is 0.0176. The second-order valence-corrected chi connectivity index (χ2v) is 10.00. The highest BCUT2D eigenvalue weighted by molar-refractivity contribution is 6.40.